The summed E-state index contributed by atoms with van der Waals surface area (Å²) in [4.78, 5) is 22.3. The first-order chi connectivity index (χ1) is 9.99. The Bertz CT molecular complexity index is 360. The van der Waals surface area contributed by atoms with E-state index >= 15 is 0 Å². The van der Waals surface area contributed by atoms with Crippen molar-refractivity contribution in [2.45, 2.75) is 30.6 Å². The summed E-state index contributed by atoms with van der Waals surface area (Å²) >= 11 is 5.42. The average molecular weight is 328 g/mol. The number of alkyl halides is 1. The highest BCUT2D eigenvalue weighted by atomic mass is 35.5. The lowest BCUT2D eigenvalue weighted by molar-refractivity contribution is -0.261. The lowest BCUT2D eigenvalue weighted by Crippen LogP contribution is -2.65. The molecule has 11 heteroatoms. The van der Waals surface area contributed by atoms with Crippen molar-refractivity contribution in [3.8, 4) is 0 Å². The van der Waals surface area contributed by atoms with Gasteiger partial charge in [-0.25, -0.2) is 4.79 Å². The fraction of sp³-hybridized carbons (Fsp3) is 0.900. The first-order valence-electron chi connectivity index (χ1n) is 6.12. The van der Waals surface area contributed by atoms with Crippen LogP contribution in [0.5, 0.6) is 0 Å². The van der Waals surface area contributed by atoms with Crippen LogP contribution in [0.3, 0.4) is 0 Å². The molecule has 1 aliphatic heterocycles. The summed E-state index contributed by atoms with van der Waals surface area (Å²) in [7, 11) is 1.26. The summed E-state index contributed by atoms with van der Waals surface area (Å²) < 4.78 is 10.2. The van der Waals surface area contributed by atoms with E-state index in [1.54, 1.807) is 0 Å². The number of rotatable bonds is 6. The molecule has 5 atom stereocenters. The van der Waals surface area contributed by atoms with Gasteiger partial charge in [-0.3, -0.25) is 0 Å². The molecular weight excluding hydrogens is 310 g/mol. The maximum Gasteiger partial charge on any atom is 0.340 e. The molecule has 21 heavy (non-hydrogen) atoms. The Morgan fingerprint density at radius 1 is 1.48 bits per heavy atom. The first-order valence-corrected chi connectivity index (χ1v) is 6.66. The molecule has 2 amide bonds. The quantitative estimate of drug-likeness (QED) is 0.261. The fourth-order valence-corrected chi connectivity index (χ4v) is 2.07. The fourth-order valence-electron chi connectivity index (χ4n) is 1.91. The maximum atomic E-state index is 11.8. The van der Waals surface area contributed by atoms with Gasteiger partial charge >= 0.3 is 6.03 Å². The van der Waals surface area contributed by atoms with Gasteiger partial charge in [0.25, 0.3) is 0 Å². The van der Waals surface area contributed by atoms with E-state index in [1.165, 1.54) is 7.11 Å². The van der Waals surface area contributed by atoms with Crippen LogP contribution in [0.1, 0.15) is 0 Å². The smallest absolute Gasteiger partial charge is 0.340 e. The van der Waals surface area contributed by atoms with Crippen LogP contribution in [-0.4, -0.2) is 83.1 Å². The second-order valence-electron chi connectivity index (χ2n) is 4.31. The number of aliphatic hydroxyl groups is 3. The van der Waals surface area contributed by atoms with Crippen molar-refractivity contribution >= 4 is 17.6 Å². The van der Waals surface area contributed by atoms with Gasteiger partial charge in [0.05, 0.1) is 18.4 Å². The van der Waals surface area contributed by atoms with Crippen LogP contribution in [-0.2, 0) is 9.47 Å². The van der Waals surface area contributed by atoms with Crippen molar-refractivity contribution in [2.24, 2.45) is 5.29 Å². The van der Waals surface area contributed by atoms with Crippen LogP contribution in [0, 0.1) is 4.91 Å². The molecule has 10 nitrogen and oxygen atoms in total. The van der Waals surface area contributed by atoms with Crippen molar-refractivity contribution in [3.05, 3.63) is 4.91 Å². The number of carbonyl (C=O) groups excluding carboxylic acids is 1. The molecule has 0 aromatic heterocycles. The number of carbonyl (C=O) groups is 1. The molecule has 0 unspecified atom stereocenters. The van der Waals surface area contributed by atoms with Gasteiger partial charge < -0.3 is 30.1 Å². The number of urea groups is 1. The molecule has 122 valence electrons. The highest BCUT2D eigenvalue weighted by molar-refractivity contribution is 6.18. The van der Waals surface area contributed by atoms with Crippen molar-refractivity contribution < 1.29 is 29.6 Å². The van der Waals surface area contributed by atoms with E-state index in [0.717, 1.165) is 0 Å². The molecule has 0 spiro atoms. The van der Waals surface area contributed by atoms with E-state index in [2.05, 4.69) is 10.6 Å². The summed E-state index contributed by atoms with van der Waals surface area (Å²) in [5.41, 5.74) is 0. The summed E-state index contributed by atoms with van der Waals surface area (Å²) in [5, 5.41) is 34.1. The monoisotopic (exact) mass is 327 g/mol. The molecule has 0 aromatic carbocycles. The average Bonchev–Trinajstić information content (AvgIpc) is 2.49. The van der Waals surface area contributed by atoms with Crippen molar-refractivity contribution in [3.63, 3.8) is 0 Å². The van der Waals surface area contributed by atoms with Crippen LogP contribution in [0.4, 0.5) is 4.79 Å². The zero-order chi connectivity index (χ0) is 16.0. The Balaban J connectivity index is 2.79. The van der Waals surface area contributed by atoms with Gasteiger partial charge in [0.2, 0.25) is 0 Å². The number of nitrogens with one attached hydrogen (secondary N) is 1. The van der Waals surface area contributed by atoms with Gasteiger partial charge in [0.15, 0.2) is 6.29 Å². The Labute approximate surface area is 125 Å². The van der Waals surface area contributed by atoms with E-state index in [4.69, 9.17) is 26.2 Å². The summed E-state index contributed by atoms with van der Waals surface area (Å²) in [6, 6.07) is -2.07. The number of nitroso groups, excluding NO2 is 1. The molecule has 1 rings (SSSR count). The molecule has 0 aromatic rings. The SMILES string of the molecule is CO[C@@H]1O[C@H](CO)[C@@H](O)[C@H](O)[C@H]1NC(=O)N(CCCl)N=O. The molecule has 4 N–H and O–H groups in total. The number of hydrogen-bond donors (Lipinski definition) is 4. The Morgan fingerprint density at radius 3 is 2.62 bits per heavy atom. The third kappa shape index (κ3) is 4.22. The number of halogens is 1. The lowest BCUT2D eigenvalue weighted by atomic mass is 9.97. The zero-order valence-corrected chi connectivity index (χ0v) is 12.0. The third-order valence-electron chi connectivity index (χ3n) is 3.03. The van der Waals surface area contributed by atoms with Crippen molar-refractivity contribution in [1.29, 1.82) is 0 Å². The molecule has 0 saturated carbocycles. The summed E-state index contributed by atoms with van der Waals surface area (Å²) in [6.07, 6.45) is -5.07. The van der Waals surface area contributed by atoms with Gasteiger partial charge in [-0.15, -0.1) is 16.5 Å². The second kappa shape index (κ2) is 8.41. The zero-order valence-electron chi connectivity index (χ0n) is 11.3. The van der Waals surface area contributed by atoms with E-state index in [9.17, 15) is 19.9 Å². The normalized spacial score (nSPS) is 32.5. The van der Waals surface area contributed by atoms with E-state index < -0.39 is 43.3 Å². The summed E-state index contributed by atoms with van der Waals surface area (Å²) in [5.74, 6) is -0.00814. The molecule has 1 heterocycles. The van der Waals surface area contributed by atoms with Crippen LogP contribution in [0.25, 0.3) is 0 Å². The topological polar surface area (TPSA) is 141 Å². The van der Waals surface area contributed by atoms with Crippen molar-refractivity contribution in [1.82, 2.24) is 10.3 Å². The minimum atomic E-state index is -1.46. The van der Waals surface area contributed by atoms with Gasteiger partial charge in [-0.2, -0.15) is 5.01 Å². The van der Waals surface area contributed by atoms with Crippen molar-refractivity contribution in [2.75, 3.05) is 26.1 Å². The molecule has 0 radical (unpaired) electrons. The lowest BCUT2D eigenvalue weighted by Gasteiger charge is -2.41. The van der Waals surface area contributed by atoms with E-state index in [0.29, 0.717) is 5.01 Å². The highest BCUT2D eigenvalue weighted by Gasteiger charge is 2.45. The van der Waals surface area contributed by atoms with Gasteiger partial charge in [-0.1, -0.05) is 0 Å². The molecule has 0 bridgehead atoms. The van der Waals surface area contributed by atoms with Gasteiger partial charge in [-0.05, 0) is 0 Å². The van der Waals surface area contributed by atoms with Crippen LogP contribution in [0.15, 0.2) is 5.29 Å². The summed E-state index contributed by atoms with van der Waals surface area (Å²) in [6.45, 7) is -0.660. The van der Waals surface area contributed by atoms with Gasteiger partial charge in [0, 0.05) is 13.0 Å². The first kappa shape index (κ1) is 18.0. The number of methoxy groups -OCH3 is 1. The Hall–Kier alpha value is -1.04. The Morgan fingerprint density at radius 2 is 2.14 bits per heavy atom. The predicted molar refractivity (Wildman–Crippen MR) is 70.3 cm³/mol. The third-order valence-corrected chi connectivity index (χ3v) is 3.20. The minimum Gasteiger partial charge on any atom is -0.394 e. The molecule has 0 aliphatic carbocycles. The van der Waals surface area contributed by atoms with Crippen LogP contribution < -0.4 is 5.32 Å². The van der Waals surface area contributed by atoms with Gasteiger partial charge in [0.1, 0.15) is 24.4 Å². The molecule has 1 aliphatic rings. The van der Waals surface area contributed by atoms with E-state index in [-0.39, 0.29) is 12.4 Å². The number of aliphatic hydroxyl groups excluding tert-OH is 3. The second-order valence-corrected chi connectivity index (χ2v) is 4.69. The van der Waals surface area contributed by atoms with E-state index in [1.807, 2.05) is 0 Å². The minimum absolute atomic E-state index is 0.00814. The standard InChI is InChI=1S/C10H18ClN3O7/c1-20-9-6(8(17)7(16)5(4-15)21-9)12-10(18)14(13-19)3-2-11/h5-9,15-17H,2-4H2,1H3,(H,12,18)/t5-,6-,7-,8-,9-/m1/s1. The predicted octanol–water partition coefficient (Wildman–Crippen LogP) is -1.63. The number of nitrogens with zero attached hydrogens (tertiary/aromatic N) is 2. The largest absolute Gasteiger partial charge is 0.394 e. The number of amides is 2. The highest BCUT2D eigenvalue weighted by Crippen LogP contribution is 2.21. The number of hydrogen-bond acceptors (Lipinski definition) is 8. The Kier molecular flexibility index (Phi) is 7.22. The molecule has 1 saturated heterocycles. The molecule has 1 fully saturated rings. The van der Waals surface area contributed by atoms with Crippen LogP contribution in [0.2, 0.25) is 0 Å². The van der Waals surface area contributed by atoms with Crippen LogP contribution >= 0.6 is 11.6 Å². The number of ether oxygens (including phenoxy) is 2. The molecular formula is C10H18ClN3O7. The maximum absolute atomic E-state index is 11.8.